The number of thiophene rings is 1. The molecule has 7 heteroatoms. The lowest BCUT2D eigenvalue weighted by Crippen LogP contribution is -2.43. The highest BCUT2D eigenvalue weighted by Gasteiger charge is 2.41. The van der Waals surface area contributed by atoms with Gasteiger partial charge in [-0.1, -0.05) is 0 Å². The van der Waals surface area contributed by atoms with Gasteiger partial charge in [0.1, 0.15) is 0 Å². The van der Waals surface area contributed by atoms with Gasteiger partial charge >= 0.3 is 0 Å². The van der Waals surface area contributed by atoms with Gasteiger partial charge in [-0.25, -0.2) is 8.78 Å². The molecule has 0 saturated heterocycles. The molecule has 1 aromatic heterocycles. The number of aliphatic hydroxyl groups excluding tert-OH is 1. The minimum absolute atomic E-state index is 0.0430. The lowest BCUT2D eigenvalue weighted by Gasteiger charge is -2.34. The van der Waals surface area contributed by atoms with E-state index in [1.165, 1.54) is 11.3 Å². The molecular formula is C16H24F2N2O2S. The van der Waals surface area contributed by atoms with Gasteiger partial charge in [0.05, 0.1) is 6.10 Å². The minimum Gasteiger partial charge on any atom is -0.391 e. The first-order valence-corrected chi connectivity index (χ1v) is 8.84. The summed E-state index contributed by atoms with van der Waals surface area (Å²) in [4.78, 5) is 11.7. The Morgan fingerprint density at radius 3 is 2.83 bits per heavy atom. The average molecular weight is 346 g/mol. The van der Waals surface area contributed by atoms with Gasteiger partial charge in [-0.05, 0) is 54.0 Å². The highest BCUT2D eigenvalue weighted by Crippen LogP contribution is 2.41. The van der Waals surface area contributed by atoms with Crippen molar-refractivity contribution >= 4 is 17.2 Å². The van der Waals surface area contributed by atoms with Gasteiger partial charge in [-0.2, -0.15) is 11.3 Å². The van der Waals surface area contributed by atoms with Gasteiger partial charge in [0.25, 0.3) is 0 Å². The largest absolute Gasteiger partial charge is 0.391 e. The van der Waals surface area contributed by atoms with E-state index in [0.717, 1.165) is 5.56 Å². The summed E-state index contributed by atoms with van der Waals surface area (Å²) in [5, 5.41) is 14.1. The number of carbonyl (C=O) groups excluding carboxylic acids is 1. The third kappa shape index (κ3) is 5.22. The Bertz CT molecular complexity index is 510. The lowest BCUT2D eigenvalue weighted by molar-refractivity contribution is -0.128. The van der Waals surface area contributed by atoms with Crippen LogP contribution in [-0.2, 0) is 11.2 Å². The third-order valence-corrected chi connectivity index (χ3v) is 5.39. The summed E-state index contributed by atoms with van der Waals surface area (Å²) in [6.45, 7) is 0. The van der Waals surface area contributed by atoms with Gasteiger partial charge in [0.15, 0.2) is 0 Å². The summed E-state index contributed by atoms with van der Waals surface area (Å²) in [6, 6.07) is 1.38. The van der Waals surface area contributed by atoms with E-state index in [1.54, 1.807) is 0 Å². The molecule has 1 fully saturated rings. The molecular weight excluding hydrogens is 322 g/mol. The molecule has 0 aliphatic heterocycles. The lowest BCUT2D eigenvalue weighted by atomic mass is 9.75. The van der Waals surface area contributed by atoms with E-state index in [9.17, 15) is 18.7 Å². The predicted molar refractivity (Wildman–Crippen MR) is 86.2 cm³/mol. The van der Waals surface area contributed by atoms with Crippen molar-refractivity contribution in [2.75, 3.05) is 0 Å². The molecule has 5 N–H and O–H groups in total. The molecule has 130 valence electrons. The quantitative estimate of drug-likeness (QED) is 0.708. The van der Waals surface area contributed by atoms with Crippen molar-refractivity contribution in [1.82, 2.24) is 0 Å². The fourth-order valence-corrected chi connectivity index (χ4v) is 4.03. The van der Waals surface area contributed by atoms with Crippen molar-refractivity contribution < 1.29 is 18.7 Å². The Balaban J connectivity index is 1.96. The molecule has 1 aromatic rings. The van der Waals surface area contributed by atoms with E-state index in [2.05, 4.69) is 0 Å². The van der Waals surface area contributed by atoms with Gasteiger partial charge in [-0.15, -0.1) is 0 Å². The zero-order chi connectivity index (χ0) is 17.0. The smallest absolute Gasteiger partial charge is 0.248 e. The number of aliphatic hydroxyl groups is 1. The highest BCUT2D eigenvalue weighted by molar-refractivity contribution is 7.07. The normalized spacial score (nSPS) is 24.8. The Kier molecular flexibility index (Phi) is 6.11. The van der Waals surface area contributed by atoms with Crippen LogP contribution < -0.4 is 11.5 Å². The second kappa shape index (κ2) is 7.68. The van der Waals surface area contributed by atoms with E-state index in [-0.39, 0.29) is 19.3 Å². The molecule has 0 bridgehead atoms. The zero-order valence-corrected chi connectivity index (χ0v) is 13.8. The number of hydrogen-bond donors (Lipinski definition) is 3. The molecule has 4 atom stereocenters. The predicted octanol–water partition coefficient (Wildman–Crippen LogP) is 2.30. The van der Waals surface area contributed by atoms with Crippen LogP contribution in [0.4, 0.5) is 8.78 Å². The van der Waals surface area contributed by atoms with E-state index >= 15 is 0 Å². The molecule has 4 unspecified atom stereocenters. The summed E-state index contributed by atoms with van der Waals surface area (Å²) >= 11 is 1.54. The van der Waals surface area contributed by atoms with Crippen LogP contribution in [0.15, 0.2) is 16.8 Å². The van der Waals surface area contributed by atoms with Crippen molar-refractivity contribution in [1.29, 1.82) is 0 Å². The van der Waals surface area contributed by atoms with Crippen LogP contribution in [0.2, 0.25) is 0 Å². The Hall–Kier alpha value is -1.05. The van der Waals surface area contributed by atoms with Crippen molar-refractivity contribution in [2.45, 2.75) is 56.6 Å². The number of carbonyl (C=O) groups is 1. The second-order valence-corrected chi connectivity index (χ2v) is 7.30. The number of amides is 1. The van der Waals surface area contributed by atoms with E-state index in [0.29, 0.717) is 19.3 Å². The van der Waals surface area contributed by atoms with Crippen molar-refractivity contribution in [3.05, 3.63) is 22.4 Å². The van der Waals surface area contributed by atoms with Crippen LogP contribution in [0, 0.1) is 11.8 Å². The van der Waals surface area contributed by atoms with Gasteiger partial charge < -0.3 is 16.6 Å². The summed E-state index contributed by atoms with van der Waals surface area (Å²) in [5.41, 5.74) is 12.4. The summed E-state index contributed by atoms with van der Waals surface area (Å²) in [6.07, 6.45) is 0.0115. The van der Waals surface area contributed by atoms with Crippen molar-refractivity contribution in [2.24, 2.45) is 23.3 Å². The van der Waals surface area contributed by atoms with Crippen molar-refractivity contribution in [3.8, 4) is 0 Å². The molecule has 1 aliphatic rings. The number of nitrogens with two attached hydrogens (primary N) is 2. The van der Waals surface area contributed by atoms with Gasteiger partial charge in [-0.3, -0.25) is 4.79 Å². The molecule has 1 amide bonds. The molecule has 4 nitrogen and oxygen atoms in total. The average Bonchev–Trinajstić information content (AvgIpc) is 2.95. The van der Waals surface area contributed by atoms with Crippen LogP contribution in [0.5, 0.6) is 0 Å². The van der Waals surface area contributed by atoms with Gasteiger partial charge in [0.2, 0.25) is 11.8 Å². The molecule has 1 saturated carbocycles. The molecule has 0 radical (unpaired) electrons. The summed E-state index contributed by atoms with van der Waals surface area (Å²) in [7, 11) is 0. The number of alkyl halides is 2. The second-order valence-electron chi connectivity index (χ2n) is 6.52. The maximum absolute atomic E-state index is 13.6. The first-order valence-electron chi connectivity index (χ1n) is 7.90. The molecule has 1 aliphatic carbocycles. The maximum Gasteiger partial charge on any atom is 0.248 e. The van der Waals surface area contributed by atoms with Crippen LogP contribution in [0.25, 0.3) is 0 Å². The fourth-order valence-electron chi connectivity index (χ4n) is 3.35. The third-order valence-electron chi connectivity index (χ3n) is 4.65. The Morgan fingerprint density at radius 1 is 1.52 bits per heavy atom. The maximum atomic E-state index is 13.6. The number of rotatable bonds is 7. The van der Waals surface area contributed by atoms with E-state index in [4.69, 9.17) is 11.5 Å². The first-order chi connectivity index (χ1) is 10.8. The van der Waals surface area contributed by atoms with Crippen LogP contribution >= 0.6 is 11.3 Å². The highest BCUT2D eigenvalue weighted by atomic mass is 32.1. The standard InChI is InChI=1S/C16H24F2N2O2S/c17-16(18)4-1-2-11(8-16)12(15(20)22)7-14(21)13(19)6-10-3-5-23-9-10/h3,5,9,11-14,21H,1-2,4,6-8,19H2,(H2,20,22). The van der Waals surface area contributed by atoms with Crippen LogP contribution in [0.1, 0.15) is 37.7 Å². The first kappa shape index (κ1) is 18.3. The van der Waals surface area contributed by atoms with Gasteiger partial charge in [0, 0.05) is 24.8 Å². The molecule has 23 heavy (non-hydrogen) atoms. The Morgan fingerprint density at radius 2 is 2.26 bits per heavy atom. The van der Waals surface area contributed by atoms with Crippen LogP contribution in [0.3, 0.4) is 0 Å². The van der Waals surface area contributed by atoms with Crippen molar-refractivity contribution in [3.63, 3.8) is 0 Å². The number of hydrogen-bond acceptors (Lipinski definition) is 4. The minimum atomic E-state index is -2.75. The summed E-state index contributed by atoms with van der Waals surface area (Å²) in [5.74, 6) is -4.63. The van der Waals surface area contributed by atoms with Crippen LogP contribution in [-0.4, -0.2) is 29.1 Å². The fraction of sp³-hybridized carbons (Fsp3) is 0.688. The van der Waals surface area contributed by atoms with E-state index in [1.807, 2.05) is 16.8 Å². The topological polar surface area (TPSA) is 89.3 Å². The molecule has 2 rings (SSSR count). The molecule has 0 aromatic carbocycles. The monoisotopic (exact) mass is 346 g/mol. The Labute approximate surface area is 138 Å². The van der Waals surface area contributed by atoms with E-state index < -0.39 is 35.8 Å². The number of halogens is 2. The molecule has 1 heterocycles. The zero-order valence-electron chi connectivity index (χ0n) is 13.0. The SMILES string of the molecule is NC(=O)C(CC(O)C(N)Cc1ccsc1)C1CCCC(F)(F)C1. The number of primary amides is 1. The molecule has 0 spiro atoms. The summed E-state index contributed by atoms with van der Waals surface area (Å²) < 4.78 is 27.2.